The van der Waals surface area contributed by atoms with Gasteiger partial charge in [-0.25, -0.2) is 12.7 Å². The van der Waals surface area contributed by atoms with Crippen molar-refractivity contribution < 1.29 is 22.8 Å². The highest BCUT2D eigenvalue weighted by molar-refractivity contribution is 7.90. The zero-order valence-corrected chi connectivity index (χ0v) is 22.7. The van der Waals surface area contributed by atoms with Gasteiger partial charge in [-0.1, -0.05) is 55.2 Å². The van der Waals surface area contributed by atoms with Gasteiger partial charge in [0.05, 0.1) is 5.56 Å². The van der Waals surface area contributed by atoms with Crippen LogP contribution in [0.5, 0.6) is 0 Å². The number of hydrogen-bond donors (Lipinski definition) is 1. The normalized spacial score (nSPS) is 15.8. The molecule has 0 saturated carbocycles. The molecule has 3 rings (SSSR count). The molecule has 1 aliphatic heterocycles. The highest BCUT2D eigenvalue weighted by Crippen LogP contribution is 2.30. The molecule has 0 fully saturated rings. The van der Waals surface area contributed by atoms with Crippen LogP contribution >= 0.6 is 23.2 Å². The Kier molecular flexibility index (Phi) is 9.03. The SMILES string of the molecule is CC[C@H](C(=O)N[C@@H](C)CC)N(Cc1ccc(Cl)cc1Cl)C(=O)CCN1C(=O)c2ccccc2S1(=O)=O. The van der Waals surface area contributed by atoms with E-state index in [0.717, 1.165) is 0 Å². The maximum atomic E-state index is 13.5. The predicted molar refractivity (Wildman–Crippen MR) is 138 cm³/mol. The fraction of sp³-hybridized carbons (Fsp3) is 0.400. The third-order valence-electron chi connectivity index (χ3n) is 6.18. The molecule has 36 heavy (non-hydrogen) atoms. The van der Waals surface area contributed by atoms with E-state index in [0.29, 0.717) is 32.8 Å². The molecule has 0 unspecified atom stereocenters. The van der Waals surface area contributed by atoms with Gasteiger partial charge in [-0.15, -0.1) is 0 Å². The van der Waals surface area contributed by atoms with Crippen LogP contribution in [0.2, 0.25) is 10.0 Å². The van der Waals surface area contributed by atoms with Crippen LogP contribution in [0.4, 0.5) is 0 Å². The summed E-state index contributed by atoms with van der Waals surface area (Å²) in [7, 11) is -4.05. The Morgan fingerprint density at radius 2 is 1.78 bits per heavy atom. The maximum Gasteiger partial charge on any atom is 0.269 e. The number of hydrogen-bond acceptors (Lipinski definition) is 5. The van der Waals surface area contributed by atoms with Gasteiger partial charge in [-0.3, -0.25) is 14.4 Å². The molecule has 2 atom stereocenters. The molecule has 2 aromatic rings. The van der Waals surface area contributed by atoms with E-state index in [1.165, 1.54) is 23.1 Å². The van der Waals surface area contributed by atoms with Gasteiger partial charge in [-0.05, 0) is 49.6 Å². The summed E-state index contributed by atoms with van der Waals surface area (Å²) >= 11 is 12.4. The van der Waals surface area contributed by atoms with Crippen LogP contribution in [-0.2, 0) is 26.2 Å². The average Bonchev–Trinajstić information content (AvgIpc) is 3.03. The minimum Gasteiger partial charge on any atom is -0.352 e. The monoisotopic (exact) mass is 553 g/mol. The summed E-state index contributed by atoms with van der Waals surface area (Å²) in [5.41, 5.74) is 0.663. The molecule has 2 aromatic carbocycles. The molecule has 8 nitrogen and oxygen atoms in total. The lowest BCUT2D eigenvalue weighted by atomic mass is 10.1. The summed E-state index contributed by atoms with van der Waals surface area (Å²) in [5, 5.41) is 3.68. The van der Waals surface area contributed by atoms with Crippen LogP contribution in [0.1, 0.15) is 56.0 Å². The Bertz CT molecular complexity index is 1270. The summed E-state index contributed by atoms with van der Waals surface area (Å²) in [4.78, 5) is 40.6. The maximum absolute atomic E-state index is 13.5. The van der Waals surface area contributed by atoms with Crippen LogP contribution in [-0.4, -0.2) is 54.0 Å². The second-order valence-electron chi connectivity index (χ2n) is 8.63. The number of benzene rings is 2. The van der Waals surface area contributed by atoms with E-state index < -0.39 is 27.9 Å². The first-order valence-corrected chi connectivity index (χ1v) is 13.9. The molecule has 0 aromatic heterocycles. The van der Waals surface area contributed by atoms with Crippen molar-refractivity contribution in [3.63, 3.8) is 0 Å². The summed E-state index contributed by atoms with van der Waals surface area (Å²) in [6, 6.07) is 9.89. The Morgan fingerprint density at radius 1 is 1.08 bits per heavy atom. The predicted octanol–water partition coefficient (Wildman–Crippen LogP) is 4.25. The van der Waals surface area contributed by atoms with Gasteiger partial charge in [0, 0.05) is 35.6 Å². The first-order valence-electron chi connectivity index (χ1n) is 11.7. The number of fused-ring (bicyclic) bond motifs is 1. The molecular formula is C25H29Cl2N3O5S. The standard InChI is InChI=1S/C25H29Cl2N3O5S/c1-4-16(3)28-24(32)21(5-2)29(15-17-10-11-18(26)14-20(17)27)23(31)12-13-30-25(33)19-8-6-7-9-22(19)36(30,34)35/h6-11,14,16,21H,4-5,12-13,15H2,1-3H3,(H,28,32)/t16-,21+/m0/s1. The largest absolute Gasteiger partial charge is 0.352 e. The molecule has 0 spiro atoms. The van der Waals surface area contributed by atoms with Gasteiger partial charge in [-0.2, -0.15) is 0 Å². The molecular weight excluding hydrogens is 525 g/mol. The molecule has 0 radical (unpaired) electrons. The highest BCUT2D eigenvalue weighted by atomic mass is 35.5. The van der Waals surface area contributed by atoms with Gasteiger partial charge < -0.3 is 10.2 Å². The topological polar surface area (TPSA) is 104 Å². The van der Waals surface area contributed by atoms with E-state index in [1.54, 1.807) is 31.2 Å². The van der Waals surface area contributed by atoms with Gasteiger partial charge >= 0.3 is 0 Å². The molecule has 194 valence electrons. The van der Waals surface area contributed by atoms with E-state index in [1.807, 2.05) is 13.8 Å². The van der Waals surface area contributed by atoms with E-state index in [2.05, 4.69) is 5.32 Å². The van der Waals surface area contributed by atoms with Crippen LogP contribution < -0.4 is 5.32 Å². The molecule has 0 saturated heterocycles. The van der Waals surface area contributed by atoms with Crippen molar-refractivity contribution in [1.82, 2.24) is 14.5 Å². The summed E-state index contributed by atoms with van der Waals surface area (Å²) in [6.07, 6.45) is 0.748. The number of rotatable bonds is 10. The van der Waals surface area contributed by atoms with Crippen LogP contribution in [0.3, 0.4) is 0 Å². The number of amides is 3. The molecule has 1 N–H and O–H groups in total. The molecule has 11 heteroatoms. The lowest BCUT2D eigenvalue weighted by Gasteiger charge is -2.32. The summed E-state index contributed by atoms with van der Waals surface area (Å²) in [6.45, 7) is 5.27. The van der Waals surface area contributed by atoms with E-state index in [-0.39, 0.29) is 41.9 Å². The second kappa shape index (κ2) is 11.6. The van der Waals surface area contributed by atoms with E-state index in [9.17, 15) is 22.8 Å². The third-order valence-corrected chi connectivity index (χ3v) is 8.61. The van der Waals surface area contributed by atoms with Gasteiger partial charge in [0.2, 0.25) is 11.8 Å². The smallest absolute Gasteiger partial charge is 0.269 e. The quantitative estimate of drug-likeness (QED) is 0.473. The second-order valence-corrected chi connectivity index (χ2v) is 11.3. The van der Waals surface area contributed by atoms with Crippen LogP contribution in [0, 0.1) is 0 Å². The van der Waals surface area contributed by atoms with Crippen molar-refractivity contribution in [2.75, 3.05) is 6.54 Å². The van der Waals surface area contributed by atoms with Crippen LogP contribution in [0.15, 0.2) is 47.4 Å². The Morgan fingerprint density at radius 3 is 2.39 bits per heavy atom. The van der Waals surface area contributed by atoms with Crippen molar-refractivity contribution in [2.45, 2.75) is 63.6 Å². The summed E-state index contributed by atoms with van der Waals surface area (Å²) in [5.74, 6) is -1.47. The fourth-order valence-corrected chi connectivity index (χ4v) is 6.02. The van der Waals surface area contributed by atoms with Gasteiger partial charge in [0.15, 0.2) is 0 Å². The first-order chi connectivity index (χ1) is 17.0. The van der Waals surface area contributed by atoms with Gasteiger partial charge in [0.1, 0.15) is 10.9 Å². The number of carbonyl (C=O) groups is 3. The van der Waals surface area contributed by atoms with Crippen molar-refractivity contribution in [3.8, 4) is 0 Å². The Labute approximate surface area is 221 Å². The minimum absolute atomic E-state index is 0.0161. The number of halogens is 2. The van der Waals surface area contributed by atoms with Crippen molar-refractivity contribution in [3.05, 3.63) is 63.6 Å². The van der Waals surface area contributed by atoms with Crippen molar-refractivity contribution in [1.29, 1.82) is 0 Å². The molecule has 0 bridgehead atoms. The minimum atomic E-state index is -4.05. The fourth-order valence-electron chi connectivity index (χ4n) is 3.99. The zero-order valence-electron chi connectivity index (χ0n) is 20.3. The lowest BCUT2D eigenvalue weighted by molar-refractivity contribution is -0.141. The van der Waals surface area contributed by atoms with Crippen LogP contribution in [0.25, 0.3) is 0 Å². The Balaban J connectivity index is 1.86. The number of sulfonamides is 1. The lowest BCUT2D eigenvalue weighted by Crippen LogP contribution is -2.51. The van der Waals surface area contributed by atoms with Crippen molar-refractivity contribution in [2.24, 2.45) is 0 Å². The number of carbonyl (C=O) groups excluding carboxylic acids is 3. The molecule has 0 aliphatic carbocycles. The van der Waals surface area contributed by atoms with Gasteiger partial charge in [0.25, 0.3) is 15.9 Å². The zero-order chi connectivity index (χ0) is 26.6. The van der Waals surface area contributed by atoms with E-state index in [4.69, 9.17) is 23.2 Å². The first kappa shape index (κ1) is 28.0. The van der Waals surface area contributed by atoms with Crippen molar-refractivity contribution >= 4 is 50.9 Å². The molecule has 3 amide bonds. The number of nitrogens with one attached hydrogen (secondary N) is 1. The third kappa shape index (κ3) is 5.85. The van der Waals surface area contributed by atoms with E-state index >= 15 is 0 Å². The molecule has 1 aliphatic rings. The molecule has 1 heterocycles. The number of nitrogens with zero attached hydrogens (tertiary/aromatic N) is 2. The summed E-state index contributed by atoms with van der Waals surface area (Å²) < 4.78 is 26.5. The Hall–Kier alpha value is -2.62. The highest BCUT2D eigenvalue weighted by Gasteiger charge is 2.41. The average molecular weight is 554 g/mol.